The van der Waals surface area contributed by atoms with Crippen LogP contribution < -0.4 is 5.56 Å². The summed E-state index contributed by atoms with van der Waals surface area (Å²) in [6.07, 6.45) is 8.44. The number of nitrogens with zero attached hydrogens (tertiary/aromatic N) is 6. The van der Waals surface area contributed by atoms with Gasteiger partial charge >= 0.3 is 0 Å². The van der Waals surface area contributed by atoms with Gasteiger partial charge in [0.2, 0.25) is 0 Å². The van der Waals surface area contributed by atoms with Crippen LogP contribution in [0.1, 0.15) is 43.7 Å². The summed E-state index contributed by atoms with van der Waals surface area (Å²) in [7, 11) is 0. The second-order valence-corrected chi connectivity index (χ2v) is 8.17. The summed E-state index contributed by atoms with van der Waals surface area (Å²) >= 11 is 0. The standard InChI is InChI=1S/C21H21FN6O2/c22-14-6-7-16-17(9-14)26(11-15-3-1-2-8-30-15)21(29)19-20(23-12-27(16)19)28-18(10-24-25-28)13-4-5-13/h6-7,9-10,12-13,15H,1-5,8,11H2. The molecule has 1 aliphatic heterocycles. The lowest BCUT2D eigenvalue weighted by molar-refractivity contribution is 0.00619. The normalized spacial score (nSPS) is 19.7. The van der Waals surface area contributed by atoms with Crippen LogP contribution in [-0.2, 0) is 11.3 Å². The van der Waals surface area contributed by atoms with Gasteiger partial charge in [0.05, 0.1) is 35.6 Å². The molecule has 0 radical (unpaired) electrons. The van der Waals surface area contributed by atoms with Crippen LogP contribution in [0.15, 0.2) is 35.5 Å². The van der Waals surface area contributed by atoms with E-state index < -0.39 is 0 Å². The van der Waals surface area contributed by atoms with E-state index in [1.807, 2.05) is 0 Å². The summed E-state index contributed by atoms with van der Waals surface area (Å²) in [5.74, 6) is 0.486. The number of benzene rings is 1. The first-order chi connectivity index (χ1) is 14.7. The molecule has 8 nitrogen and oxygen atoms in total. The lowest BCUT2D eigenvalue weighted by Crippen LogP contribution is -2.32. The van der Waals surface area contributed by atoms with Crippen LogP contribution in [0.3, 0.4) is 0 Å². The molecule has 1 saturated heterocycles. The van der Waals surface area contributed by atoms with Gasteiger partial charge in [-0.25, -0.2) is 9.37 Å². The molecule has 0 N–H and O–H groups in total. The number of hydrogen-bond acceptors (Lipinski definition) is 5. The van der Waals surface area contributed by atoms with Crippen molar-refractivity contribution in [2.75, 3.05) is 6.61 Å². The Morgan fingerprint density at radius 1 is 1.17 bits per heavy atom. The quantitative estimate of drug-likeness (QED) is 0.519. The molecule has 2 fully saturated rings. The molecule has 30 heavy (non-hydrogen) atoms. The van der Waals surface area contributed by atoms with Crippen molar-refractivity contribution in [2.24, 2.45) is 0 Å². The molecule has 3 aromatic heterocycles. The highest BCUT2D eigenvalue weighted by atomic mass is 19.1. The number of rotatable bonds is 4. The minimum Gasteiger partial charge on any atom is -0.376 e. The Labute approximate surface area is 170 Å². The van der Waals surface area contributed by atoms with Crippen molar-refractivity contribution in [3.05, 3.63) is 52.6 Å². The summed E-state index contributed by atoms with van der Waals surface area (Å²) in [6, 6.07) is 4.49. The van der Waals surface area contributed by atoms with Gasteiger partial charge in [-0.3, -0.25) is 9.20 Å². The molecular formula is C21H21FN6O2. The van der Waals surface area contributed by atoms with E-state index in [0.717, 1.165) is 37.8 Å². The molecule has 1 saturated carbocycles. The van der Waals surface area contributed by atoms with Crippen molar-refractivity contribution in [3.8, 4) is 5.82 Å². The zero-order valence-electron chi connectivity index (χ0n) is 16.4. The van der Waals surface area contributed by atoms with Crippen LogP contribution in [0.2, 0.25) is 0 Å². The molecule has 0 spiro atoms. The topological polar surface area (TPSA) is 79.2 Å². The molecule has 154 valence electrons. The van der Waals surface area contributed by atoms with Gasteiger partial charge < -0.3 is 9.30 Å². The van der Waals surface area contributed by atoms with Gasteiger partial charge in [-0.05, 0) is 50.3 Å². The van der Waals surface area contributed by atoms with Crippen molar-refractivity contribution in [1.29, 1.82) is 0 Å². The lowest BCUT2D eigenvalue weighted by Gasteiger charge is -2.24. The van der Waals surface area contributed by atoms with Gasteiger partial charge in [0.1, 0.15) is 12.1 Å². The Morgan fingerprint density at radius 3 is 2.87 bits per heavy atom. The predicted octanol–water partition coefficient (Wildman–Crippen LogP) is 2.82. The summed E-state index contributed by atoms with van der Waals surface area (Å²) < 4.78 is 25.0. The third-order valence-corrected chi connectivity index (χ3v) is 6.12. The predicted molar refractivity (Wildman–Crippen MR) is 107 cm³/mol. The number of fused-ring (bicyclic) bond motifs is 3. The molecule has 1 unspecified atom stereocenters. The van der Waals surface area contributed by atoms with Crippen molar-refractivity contribution < 1.29 is 9.13 Å². The maximum Gasteiger partial charge on any atom is 0.279 e. The molecule has 0 amide bonds. The monoisotopic (exact) mass is 408 g/mol. The highest BCUT2D eigenvalue weighted by molar-refractivity contribution is 5.81. The largest absolute Gasteiger partial charge is 0.376 e. The fourth-order valence-electron chi connectivity index (χ4n) is 4.43. The maximum absolute atomic E-state index is 14.1. The molecule has 4 heterocycles. The van der Waals surface area contributed by atoms with Crippen LogP contribution in [0.4, 0.5) is 4.39 Å². The molecule has 1 aliphatic carbocycles. The fourth-order valence-corrected chi connectivity index (χ4v) is 4.43. The Kier molecular flexibility index (Phi) is 3.98. The molecule has 4 aromatic rings. The minimum atomic E-state index is -0.382. The summed E-state index contributed by atoms with van der Waals surface area (Å²) in [5.41, 5.74) is 2.40. The van der Waals surface area contributed by atoms with Gasteiger partial charge in [-0.15, -0.1) is 5.10 Å². The second kappa shape index (κ2) is 6.73. The van der Waals surface area contributed by atoms with Gasteiger partial charge in [-0.2, -0.15) is 4.68 Å². The Bertz CT molecular complexity index is 1310. The van der Waals surface area contributed by atoms with Crippen molar-refractivity contribution in [1.82, 2.24) is 28.9 Å². The van der Waals surface area contributed by atoms with Crippen LogP contribution in [0.25, 0.3) is 22.4 Å². The van der Waals surface area contributed by atoms with E-state index in [-0.39, 0.29) is 17.5 Å². The zero-order chi connectivity index (χ0) is 20.2. The van der Waals surface area contributed by atoms with E-state index in [0.29, 0.717) is 41.4 Å². The SMILES string of the molecule is O=c1c2c(-n3nncc3C3CC3)ncn2c2ccc(F)cc2n1CC1CCCCO1. The minimum absolute atomic E-state index is 0.0647. The number of hydrogen-bond donors (Lipinski definition) is 0. The van der Waals surface area contributed by atoms with Crippen molar-refractivity contribution in [3.63, 3.8) is 0 Å². The highest BCUT2D eigenvalue weighted by Crippen LogP contribution is 2.40. The number of imidazole rings is 1. The number of ether oxygens (including phenoxy) is 1. The first kappa shape index (κ1) is 17.8. The maximum atomic E-state index is 14.1. The van der Waals surface area contributed by atoms with Crippen molar-refractivity contribution in [2.45, 2.75) is 50.7 Å². The lowest BCUT2D eigenvalue weighted by atomic mass is 10.1. The van der Waals surface area contributed by atoms with E-state index in [1.165, 1.54) is 12.1 Å². The van der Waals surface area contributed by atoms with Crippen LogP contribution in [0.5, 0.6) is 0 Å². The average Bonchev–Trinajstić information content (AvgIpc) is 3.32. The van der Waals surface area contributed by atoms with Gasteiger partial charge in [-0.1, -0.05) is 5.21 Å². The molecule has 6 rings (SSSR count). The summed E-state index contributed by atoms with van der Waals surface area (Å²) in [5, 5.41) is 8.26. The van der Waals surface area contributed by atoms with Crippen LogP contribution in [0, 0.1) is 5.82 Å². The first-order valence-corrected chi connectivity index (χ1v) is 10.4. The third kappa shape index (κ3) is 2.76. The Morgan fingerprint density at radius 2 is 2.07 bits per heavy atom. The molecule has 9 heteroatoms. The average molecular weight is 408 g/mol. The third-order valence-electron chi connectivity index (χ3n) is 6.12. The number of halogens is 1. The van der Waals surface area contributed by atoms with E-state index in [2.05, 4.69) is 15.3 Å². The van der Waals surface area contributed by atoms with Crippen LogP contribution >= 0.6 is 0 Å². The van der Waals surface area contributed by atoms with E-state index in [4.69, 9.17) is 4.74 Å². The molecule has 1 aromatic carbocycles. The smallest absolute Gasteiger partial charge is 0.279 e. The molecule has 1 atom stereocenters. The summed E-state index contributed by atoms with van der Waals surface area (Å²) in [4.78, 5) is 18.2. The van der Waals surface area contributed by atoms with Gasteiger partial charge in [0, 0.05) is 12.5 Å². The van der Waals surface area contributed by atoms with Crippen LogP contribution in [-0.4, -0.2) is 41.7 Å². The van der Waals surface area contributed by atoms with Gasteiger partial charge in [0.25, 0.3) is 5.56 Å². The first-order valence-electron chi connectivity index (χ1n) is 10.4. The molecule has 0 bridgehead atoms. The van der Waals surface area contributed by atoms with E-state index in [9.17, 15) is 9.18 Å². The fraction of sp³-hybridized carbons (Fsp3) is 0.429. The Hall–Kier alpha value is -3.07. The Balaban J connectivity index is 1.60. The van der Waals surface area contributed by atoms with E-state index in [1.54, 1.807) is 32.2 Å². The zero-order valence-corrected chi connectivity index (χ0v) is 16.4. The highest BCUT2D eigenvalue weighted by Gasteiger charge is 2.30. The number of aromatic nitrogens is 6. The molecule has 2 aliphatic rings. The molecular weight excluding hydrogens is 387 g/mol. The second-order valence-electron chi connectivity index (χ2n) is 8.17. The van der Waals surface area contributed by atoms with Gasteiger partial charge in [0.15, 0.2) is 11.3 Å². The van der Waals surface area contributed by atoms with E-state index >= 15 is 0 Å². The summed E-state index contributed by atoms with van der Waals surface area (Å²) in [6.45, 7) is 1.07. The van der Waals surface area contributed by atoms with Crippen molar-refractivity contribution >= 4 is 16.6 Å².